The Labute approximate surface area is 367 Å². The molecule has 330 valence electrons. The number of hydrogen-bond donors (Lipinski definition) is 4. The number of carbonyl (C=O) groups excluding carboxylic acids is 5. The summed E-state index contributed by atoms with van der Waals surface area (Å²) < 4.78 is 6.27. The van der Waals surface area contributed by atoms with Gasteiger partial charge in [-0.1, -0.05) is 36.4 Å². The topological polar surface area (TPSA) is 201 Å². The molecule has 15 heteroatoms. The Morgan fingerprint density at radius 1 is 0.778 bits per heavy atom. The molecule has 9 rings (SSSR count). The number of allylic oxidation sites excluding steroid dienone is 1. The molecule has 2 bridgehead atoms. The second kappa shape index (κ2) is 17.4. The zero-order chi connectivity index (χ0) is 43.9. The standard InChI is InChI=1S/C48H57N9O6/c1-29-5-2-3-8-37(29)40(49)25-42(44(50)51)55-27-33-9-10-34(28-55)56(33)32-7-4-6-30(23-32)26-53-19-15-31(16-20-53)46(60)54-21-17-35(18-22-54)63-36-11-12-38-39(24-36)48(62)57(47(38)61)41-13-14-43(58)52-45(41)59/h2-8,11-12,23-25,31,33-35,41H,9-10,13-22,26-28,49-51H2,1H3,(H,52,58,59)/b40-25-. The molecule has 6 aliphatic heterocycles. The van der Waals surface area contributed by atoms with E-state index in [1.807, 2.05) is 42.2 Å². The van der Waals surface area contributed by atoms with Gasteiger partial charge in [0.1, 0.15) is 23.7 Å². The lowest BCUT2D eigenvalue weighted by molar-refractivity contribution is -0.139. The lowest BCUT2D eigenvalue weighted by atomic mass is 9.93. The average Bonchev–Trinajstić information content (AvgIpc) is 3.69. The monoisotopic (exact) mass is 855 g/mol. The summed E-state index contributed by atoms with van der Waals surface area (Å²) in [4.78, 5) is 74.4. The first-order chi connectivity index (χ1) is 30.4. The molecule has 3 unspecified atom stereocenters. The van der Waals surface area contributed by atoms with Crippen LogP contribution in [0.5, 0.6) is 5.75 Å². The fourth-order valence-electron chi connectivity index (χ4n) is 10.6. The van der Waals surface area contributed by atoms with Crippen molar-refractivity contribution >= 4 is 40.9 Å². The number of nitrogens with zero attached hydrogens (tertiary/aromatic N) is 5. The number of piperidine rings is 3. The van der Waals surface area contributed by atoms with E-state index in [0.717, 1.165) is 80.1 Å². The fraction of sp³-hybridized carbons (Fsp3) is 0.438. The molecule has 0 spiro atoms. The molecule has 15 nitrogen and oxygen atoms in total. The van der Waals surface area contributed by atoms with Crippen LogP contribution in [-0.4, -0.2) is 113 Å². The second-order valence-electron chi connectivity index (χ2n) is 18.0. The molecule has 3 aromatic carbocycles. The molecule has 6 heterocycles. The van der Waals surface area contributed by atoms with Gasteiger partial charge in [0.05, 0.1) is 16.8 Å². The van der Waals surface area contributed by atoms with Crippen molar-refractivity contribution in [2.45, 2.75) is 89.1 Å². The van der Waals surface area contributed by atoms with Crippen molar-refractivity contribution in [2.24, 2.45) is 23.1 Å². The van der Waals surface area contributed by atoms with E-state index in [1.54, 1.807) is 18.2 Å². The molecule has 0 saturated carbocycles. The molecule has 3 aromatic rings. The average molecular weight is 856 g/mol. The van der Waals surface area contributed by atoms with Gasteiger partial charge < -0.3 is 36.6 Å². The first-order valence-corrected chi connectivity index (χ1v) is 22.4. The maximum atomic E-state index is 13.7. The number of piperazine rings is 1. The molecule has 5 amide bonds. The van der Waals surface area contributed by atoms with Gasteiger partial charge in [-0.15, -0.1) is 0 Å². The van der Waals surface area contributed by atoms with E-state index in [0.29, 0.717) is 49.5 Å². The fourth-order valence-corrected chi connectivity index (χ4v) is 10.6. The van der Waals surface area contributed by atoms with E-state index in [2.05, 4.69) is 44.3 Å². The normalized spacial score (nSPS) is 23.6. The number of likely N-dealkylation sites (tertiary alicyclic amines) is 3. The van der Waals surface area contributed by atoms with Crippen molar-refractivity contribution in [2.75, 3.05) is 44.2 Å². The van der Waals surface area contributed by atoms with Gasteiger partial charge in [-0.25, -0.2) is 0 Å². The smallest absolute Gasteiger partial charge is 0.262 e. The van der Waals surface area contributed by atoms with Crippen LogP contribution in [0.3, 0.4) is 0 Å². The van der Waals surface area contributed by atoms with E-state index in [1.165, 1.54) is 11.3 Å². The maximum absolute atomic E-state index is 13.7. The first kappa shape index (κ1) is 42.0. The van der Waals surface area contributed by atoms with Crippen LogP contribution in [0, 0.1) is 12.8 Å². The Kier molecular flexibility index (Phi) is 11.6. The molecule has 5 saturated heterocycles. The largest absolute Gasteiger partial charge is 0.490 e. The summed E-state index contributed by atoms with van der Waals surface area (Å²) in [6.45, 7) is 7.41. The third kappa shape index (κ3) is 8.45. The highest BCUT2D eigenvalue weighted by molar-refractivity contribution is 6.23. The van der Waals surface area contributed by atoms with Crippen LogP contribution in [0.2, 0.25) is 0 Å². The third-order valence-corrected chi connectivity index (χ3v) is 13.9. The van der Waals surface area contributed by atoms with Crippen LogP contribution >= 0.6 is 0 Å². The van der Waals surface area contributed by atoms with E-state index in [-0.39, 0.29) is 47.7 Å². The first-order valence-electron chi connectivity index (χ1n) is 22.4. The number of ether oxygens (including phenoxy) is 1. The van der Waals surface area contributed by atoms with E-state index >= 15 is 0 Å². The number of nitrogens with two attached hydrogens (primary N) is 3. The number of imide groups is 2. The van der Waals surface area contributed by atoms with Crippen LogP contribution in [0.15, 0.2) is 84.3 Å². The van der Waals surface area contributed by atoms with Crippen LogP contribution in [-0.2, 0) is 20.9 Å². The number of hydrogen-bond acceptors (Lipinski definition) is 12. The summed E-state index contributed by atoms with van der Waals surface area (Å²) in [7, 11) is 0. The highest BCUT2D eigenvalue weighted by atomic mass is 16.5. The number of amides is 5. The number of benzene rings is 3. The SMILES string of the molecule is Cc1ccccc1/C(N)=C/C(=C(N)N)N1CC2CCC(C1)N2c1cccc(CN2CCC(C(=O)N3CCC(Oc4ccc5c(c4)C(=O)N(C4CCC(=O)NC4=O)C5=O)CC3)CC2)c1. The predicted molar refractivity (Wildman–Crippen MR) is 237 cm³/mol. The summed E-state index contributed by atoms with van der Waals surface area (Å²) in [5.41, 5.74) is 25.6. The Morgan fingerprint density at radius 3 is 2.19 bits per heavy atom. The lowest BCUT2D eigenvalue weighted by Gasteiger charge is -2.44. The number of fused-ring (bicyclic) bond motifs is 3. The highest BCUT2D eigenvalue weighted by Crippen LogP contribution is 2.38. The summed E-state index contributed by atoms with van der Waals surface area (Å²) in [5.74, 6) is -1.23. The van der Waals surface area contributed by atoms with Crippen molar-refractivity contribution in [1.29, 1.82) is 0 Å². The number of anilines is 1. The molecule has 6 aliphatic rings. The molecule has 7 N–H and O–H groups in total. The molecule has 63 heavy (non-hydrogen) atoms. The van der Waals surface area contributed by atoms with Gasteiger partial charge in [-0.05, 0) is 99.7 Å². The maximum Gasteiger partial charge on any atom is 0.262 e. The minimum absolute atomic E-state index is 0.00652. The number of nitrogens with one attached hydrogen (secondary N) is 1. The van der Waals surface area contributed by atoms with Gasteiger partial charge >= 0.3 is 0 Å². The third-order valence-electron chi connectivity index (χ3n) is 13.9. The summed E-state index contributed by atoms with van der Waals surface area (Å²) in [6.07, 6.45) is 7.10. The zero-order valence-corrected chi connectivity index (χ0v) is 35.8. The Balaban J connectivity index is 0.743. The minimum Gasteiger partial charge on any atom is -0.490 e. The minimum atomic E-state index is -1.02. The van der Waals surface area contributed by atoms with Crippen molar-refractivity contribution in [3.8, 4) is 5.75 Å². The highest BCUT2D eigenvalue weighted by Gasteiger charge is 2.45. The molecule has 0 aromatic heterocycles. The molecular weight excluding hydrogens is 799 g/mol. The van der Waals surface area contributed by atoms with E-state index < -0.39 is 29.7 Å². The summed E-state index contributed by atoms with van der Waals surface area (Å²) in [5, 5.41) is 2.22. The van der Waals surface area contributed by atoms with Crippen molar-refractivity contribution in [1.82, 2.24) is 24.9 Å². The second-order valence-corrected chi connectivity index (χ2v) is 18.0. The quantitative estimate of drug-likeness (QED) is 0.171. The van der Waals surface area contributed by atoms with Gasteiger partial charge in [0, 0.05) is 86.9 Å². The van der Waals surface area contributed by atoms with Crippen molar-refractivity contribution in [3.63, 3.8) is 0 Å². The molecule has 5 fully saturated rings. The van der Waals surface area contributed by atoms with E-state index in [4.69, 9.17) is 21.9 Å². The Morgan fingerprint density at radius 2 is 1.49 bits per heavy atom. The number of rotatable bonds is 10. The van der Waals surface area contributed by atoms with Gasteiger partial charge in [-0.2, -0.15) is 0 Å². The van der Waals surface area contributed by atoms with Crippen LogP contribution in [0.25, 0.3) is 5.70 Å². The van der Waals surface area contributed by atoms with Gasteiger partial charge in [0.15, 0.2) is 0 Å². The van der Waals surface area contributed by atoms with Gasteiger partial charge in [0.2, 0.25) is 17.7 Å². The van der Waals surface area contributed by atoms with Crippen molar-refractivity contribution in [3.05, 3.63) is 112 Å². The molecular formula is C48H57N9O6. The predicted octanol–water partition coefficient (Wildman–Crippen LogP) is 3.42. The lowest BCUT2D eigenvalue weighted by Crippen LogP contribution is -2.54. The van der Waals surface area contributed by atoms with Gasteiger partial charge in [0.25, 0.3) is 11.8 Å². The Bertz CT molecular complexity index is 2360. The van der Waals surface area contributed by atoms with Crippen LogP contribution in [0.4, 0.5) is 5.69 Å². The summed E-state index contributed by atoms with van der Waals surface area (Å²) in [6, 6.07) is 21.4. The van der Waals surface area contributed by atoms with Crippen LogP contribution < -0.4 is 32.2 Å². The molecule has 3 atom stereocenters. The molecule has 0 aliphatic carbocycles. The summed E-state index contributed by atoms with van der Waals surface area (Å²) >= 11 is 0. The van der Waals surface area contributed by atoms with Crippen LogP contribution in [0.1, 0.15) is 88.8 Å². The zero-order valence-electron chi connectivity index (χ0n) is 35.8. The Hall–Kier alpha value is -6.35. The van der Waals surface area contributed by atoms with Gasteiger partial charge in [-0.3, -0.25) is 39.1 Å². The number of aryl methyl sites for hydroxylation is 1. The van der Waals surface area contributed by atoms with Crippen molar-refractivity contribution < 1.29 is 28.7 Å². The van der Waals surface area contributed by atoms with E-state index in [9.17, 15) is 24.0 Å². The molecule has 0 radical (unpaired) electrons. The number of carbonyl (C=O) groups is 5.